The van der Waals surface area contributed by atoms with Gasteiger partial charge in [-0.2, -0.15) is 4.99 Å². The van der Waals surface area contributed by atoms with Crippen molar-refractivity contribution in [3.8, 4) is 5.75 Å². The molecule has 0 atom stereocenters. The lowest BCUT2D eigenvalue weighted by Gasteiger charge is -2.10. The highest BCUT2D eigenvalue weighted by Gasteiger charge is 2.30. The first-order chi connectivity index (χ1) is 9.65. The van der Waals surface area contributed by atoms with E-state index >= 15 is 0 Å². The predicted molar refractivity (Wildman–Crippen MR) is 89.6 cm³/mol. The van der Waals surface area contributed by atoms with Gasteiger partial charge in [-0.05, 0) is 38.1 Å². The first-order valence-electron chi connectivity index (χ1n) is 5.96. The van der Waals surface area contributed by atoms with Gasteiger partial charge in [-0.15, -0.1) is 38.0 Å². The van der Waals surface area contributed by atoms with E-state index in [1.54, 1.807) is 0 Å². The smallest absolute Gasteiger partial charge is 0.406 e. The van der Waals surface area contributed by atoms with E-state index in [0.29, 0.717) is 5.69 Å². The number of anilines is 1. The molecule has 0 fully saturated rings. The second-order valence-corrected chi connectivity index (χ2v) is 4.28. The Labute approximate surface area is 144 Å². The fraction of sp³-hybridized carbons (Fsp3) is 0.333. The van der Waals surface area contributed by atoms with Crippen molar-refractivity contribution in [3.05, 3.63) is 24.3 Å². The largest absolute Gasteiger partial charge is 0.573 e. The molecular weight excluding hydrogens is 358 g/mol. The van der Waals surface area contributed by atoms with Gasteiger partial charge in [-0.3, -0.25) is 0 Å². The zero-order valence-corrected chi connectivity index (χ0v) is 13.9. The van der Waals surface area contributed by atoms with Gasteiger partial charge in [0.15, 0.2) is 0 Å². The third-order valence-electron chi connectivity index (χ3n) is 1.99. The molecule has 0 saturated heterocycles. The summed E-state index contributed by atoms with van der Waals surface area (Å²) in [4.78, 5) is 7.75. The summed E-state index contributed by atoms with van der Waals surface area (Å²) in [5.41, 5.74) is 11.5. The Morgan fingerprint density at radius 2 is 1.65 bits per heavy atom. The van der Waals surface area contributed by atoms with Crippen LogP contribution in [-0.4, -0.2) is 24.3 Å². The number of halogens is 5. The Morgan fingerprint density at radius 1 is 1.13 bits per heavy atom. The molecule has 1 rings (SSSR count). The maximum Gasteiger partial charge on any atom is 0.573 e. The van der Waals surface area contributed by atoms with Gasteiger partial charge in [0.1, 0.15) is 5.75 Å². The first-order valence-corrected chi connectivity index (χ1v) is 5.96. The van der Waals surface area contributed by atoms with Crippen molar-refractivity contribution < 1.29 is 17.9 Å². The van der Waals surface area contributed by atoms with Crippen molar-refractivity contribution in [2.45, 2.75) is 26.3 Å². The van der Waals surface area contributed by atoms with Crippen LogP contribution in [0.25, 0.3) is 0 Å². The summed E-state index contributed by atoms with van der Waals surface area (Å²) in [6.45, 7) is 3.65. The molecule has 0 aromatic heterocycles. The van der Waals surface area contributed by atoms with Crippen LogP contribution in [0.5, 0.6) is 5.75 Å². The fourth-order valence-corrected chi connectivity index (χ4v) is 1.33. The Hall–Kier alpha value is -1.87. The van der Waals surface area contributed by atoms with Crippen LogP contribution in [0, 0.1) is 0 Å². The number of nitrogens with one attached hydrogen (secondary N) is 1. The molecule has 0 aliphatic carbocycles. The number of nitrogens with two attached hydrogens (primary N) is 2. The summed E-state index contributed by atoms with van der Waals surface area (Å²) in [5.74, 6) is -0.349. The summed E-state index contributed by atoms with van der Waals surface area (Å²) >= 11 is 0. The lowest BCUT2D eigenvalue weighted by Crippen LogP contribution is -2.26. The number of aliphatic imine (C=N–C) groups is 2. The van der Waals surface area contributed by atoms with Crippen LogP contribution in [0.2, 0.25) is 0 Å². The molecule has 1 aromatic carbocycles. The number of alkyl halides is 3. The fourth-order valence-electron chi connectivity index (χ4n) is 1.33. The van der Waals surface area contributed by atoms with Gasteiger partial charge in [-0.25, -0.2) is 4.99 Å². The zero-order valence-electron chi connectivity index (χ0n) is 12.3. The average Bonchev–Trinajstić information content (AvgIpc) is 2.28. The molecule has 0 bridgehead atoms. The molecule has 0 aliphatic rings. The Morgan fingerprint density at radius 3 is 2.09 bits per heavy atom. The summed E-state index contributed by atoms with van der Waals surface area (Å²) in [6.07, 6.45) is -4.73. The first kappa shape index (κ1) is 23.4. The standard InChI is InChI=1S/C12H16F3N5O.2ClH/c1-7(2)18-10(16)20-11(17)19-8-3-5-9(6-4-8)21-12(13,14)15;;/h3-7H,1-2H3,(H5,16,17,18,19,20);2*1H. The molecule has 0 radical (unpaired) electrons. The number of benzene rings is 1. The minimum absolute atomic E-state index is 0. The summed E-state index contributed by atoms with van der Waals surface area (Å²) < 4.78 is 39.7. The van der Waals surface area contributed by atoms with E-state index < -0.39 is 6.36 Å². The van der Waals surface area contributed by atoms with E-state index in [1.807, 2.05) is 13.8 Å². The minimum Gasteiger partial charge on any atom is -0.406 e. The molecule has 6 nitrogen and oxygen atoms in total. The molecule has 0 spiro atoms. The molecule has 0 heterocycles. The molecule has 0 aliphatic heterocycles. The van der Waals surface area contributed by atoms with Crippen molar-refractivity contribution in [2.75, 3.05) is 5.32 Å². The number of nitrogens with zero attached hydrogens (tertiary/aromatic N) is 2. The normalized spacial score (nSPS) is 12.3. The van der Waals surface area contributed by atoms with Crippen LogP contribution in [-0.2, 0) is 0 Å². The van der Waals surface area contributed by atoms with Crippen molar-refractivity contribution in [1.82, 2.24) is 0 Å². The van der Waals surface area contributed by atoms with E-state index in [1.165, 1.54) is 12.1 Å². The molecule has 0 amide bonds. The molecule has 5 N–H and O–H groups in total. The van der Waals surface area contributed by atoms with E-state index in [-0.39, 0.29) is 48.5 Å². The molecule has 0 saturated carbocycles. The van der Waals surface area contributed by atoms with E-state index in [4.69, 9.17) is 11.5 Å². The predicted octanol–water partition coefficient (Wildman–Crippen LogP) is 2.88. The third kappa shape index (κ3) is 10.5. The van der Waals surface area contributed by atoms with Gasteiger partial charge in [-0.1, -0.05) is 0 Å². The van der Waals surface area contributed by atoms with E-state index in [9.17, 15) is 13.2 Å². The Bertz CT molecular complexity index is 532. The van der Waals surface area contributed by atoms with Crippen LogP contribution in [0.15, 0.2) is 34.3 Å². The number of guanidine groups is 2. The Kier molecular flexibility index (Phi) is 10.2. The van der Waals surface area contributed by atoms with Crippen molar-refractivity contribution in [3.63, 3.8) is 0 Å². The minimum atomic E-state index is -4.73. The highest BCUT2D eigenvalue weighted by molar-refractivity contribution is 6.00. The molecule has 0 unspecified atom stereocenters. The van der Waals surface area contributed by atoms with Crippen LogP contribution in [0.4, 0.5) is 18.9 Å². The topological polar surface area (TPSA) is 98.0 Å². The lowest BCUT2D eigenvalue weighted by atomic mass is 10.3. The van der Waals surface area contributed by atoms with Gasteiger partial charge in [0, 0.05) is 11.7 Å². The van der Waals surface area contributed by atoms with Crippen molar-refractivity contribution >= 4 is 42.4 Å². The summed E-state index contributed by atoms with van der Waals surface area (Å²) in [5, 5.41) is 2.67. The molecule has 23 heavy (non-hydrogen) atoms. The SMILES string of the molecule is CC(C)N=C(N)N=C(N)Nc1ccc(OC(F)(F)F)cc1.Cl.Cl. The maximum absolute atomic E-state index is 12.0. The maximum atomic E-state index is 12.0. The molecular formula is C12H18Cl2F3N5O. The average molecular weight is 376 g/mol. The number of rotatable bonds is 3. The number of hydrogen-bond acceptors (Lipinski definition) is 2. The lowest BCUT2D eigenvalue weighted by molar-refractivity contribution is -0.274. The van der Waals surface area contributed by atoms with E-state index in [2.05, 4.69) is 20.0 Å². The number of ether oxygens (including phenoxy) is 1. The van der Waals surface area contributed by atoms with Crippen LogP contribution >= 0.6 is 24.8 Å². The van der Waals surface area contributed by atoms with Crippen molar-refractivity contribution in [2.24, 2.45) is 21.5 Å². The quantitative estimate of drug-likeness (QED) is 0.558. The summed E-state index contributed by atoms with van der Waals surface area (Å²) in [6, 6.07) is 4.99. The third-order valence-corrected chi connectivity index (χ3v) is 1.99. The van der Waals surface area contributed by atoms with Gasteiger partial charge in [0.2, 0.25) is 11.9 Å². The highest BCUT2D eigenvalue weighted by Crippen LogP contribution is 2.23. The molecule has 132 valence electrons. The highest BCUT2D eigenvalue weighted by atomic mass is 35.5. The Balaban J connectivity index is 0. The zero-order chi connectivity index (χ0) is 16.0. The van der Waals surface area contributed by atoms with Crippen molar-refractivity contribution in [1.29, 1.82) is 0 Å². The summed E-state index contributed by atoms with van der Waals surface area (Å²) in [7, 11) is 0. The second-order valence-electron chi connectivity index (χ2n) is 4.28. The van der Waals surface area contributed by atoms with Crippen LogP contribution < -0.4 is 21.5 Å². The van der Waals surface area contributed by atoms with Gasteiger partial charge < -0.3 is 21.5 Å². The van der Waals surface area contributed by atoms with Crippen LogP contribution in [0.1, 0.15) is 13.8 Å². The second kappa shape index (κ2) is 10.0. The van der Waals surface area contributed by atoms with Gasteiger partial charge in [0.25, 0.3) is 0 Å². The molecule has 1 aromatic rings. The number of hydrogen-bond donors (Lipinski definition) is 3. The monoisotopic (exact) mass is 375 g/mol. The van der Waals surface area contributed by atoms with Crippen LogP contribution in [0.3, 0.4) is 0 Å². The van der Waals surface area contributed by atoms with Gasteiger partial charge >= 0.3 is 6.36 Å². The van der Waals surface area contributed by atoms with E-state index in [0.717, 1.165) is 12.1 Å². The molecule has 11 heteroatoms. The van der Waals surface area contributed by atoms with Gasteiger partial charge in [0.05, 0.1) is 0 Å².